The highest BCUT2D eigenvalue weighted by Gasteiger charge is 2.21. The van der Waals surface area contributed by atoms with Crippen LogP contribution in [0, 0.1) is 0 Å². The van der Waals surface area contributed by atoms with E-state index in [4.69, 9.17) is 12.2 Å². The van der Waals surface area contributed by atoms with E-state index in [1.54, 1.807) is 0 Å². The monoisotopic (exact) mass is 241 g/mol. The molecule has 0 aromatic rings. The van der Waals surface area contributed by atoms with Gasteiger partial charge < -0.3 is 15.1 Å². The molecule has 1 N–H and O–H groups in total. The Kier molecular flexibility index (Phi) is 4.41. The van der Waals surface area contributed by atoms with E-state index in [2.05, 4.69) is 22.0 Å². The Labute approximate surface area is 104 Å². The van der Waals surface area contributed by atoms with Gasteiger partial charge in [-0.15, -0.1) is 0 Å². The molecular formula is C12H23N3S. The minimum atomic E-state index is 0.650. The van der Waals surface area contributed by atoms with Crippen molar-refractivity contribution in [3.63, 3.8) is 0 Å². The van der Waals surface area contributed by atoms with Crippen LogP contribution < -0.4 is 5.32 Å². The largest absolute Gasteiger partial charge is 0.360 e. The van der Waals surface area contributed by atoms with Crippen LogP contribution in [0.15, 0.2) is 0 Å². The molecule has 0 radical (unpaired) electrons. The van der Waals surface area contributed by atoms with E-state index in [-0.39, 0.29) is 0 Å². The molecule has 2 fully saturated rings. The van der Waals surface area contributed by atoms with Gasteiger partial charge in [-0.05, 0) is 31.6 Å². The highest BCUT2D eigenvalue weighted by Crippen LogP contribution is 2.18. The fraction of sp³-hybridized carbons (Fsp3) is 0.917. The first kappa shape index (κ1) is 12.1. The average Bonchev–Trinajstić information content (AvgIpc) is 2.82. The van der Waals surface area contributed by atoms with Gasteiger partial charge in [0.15, 0.2) is 5.11 Å². The van der Waals surface area contributed by atoms with Gasteiger partial charge in [-0.3, -0.25) is 0 Å². The number of thiocarbonyl (C=S) groups is 1. The van der Waals surface area contributed by atoms with E-state index in [1.165, 1.54) is 25.7 Å². The number of nitrogens with zero attached hydrogens (tertiary/aromatic N) is 2. The molecular weight excluding hydrogens is 218 g/mol. The quantitative estimate of drug-likeness (QED) is 0.737. The summed E-state index contributed by atoms with van der Waals surface area (Å²) in [5, 5.41) is 4.51. The first-order chi connectivity index (χ1) is 7.79. The lowest BCUT2D eigenvalue weighted by atomic mass is 10.2. The minimum Gasteiger partial charge on any atom is -0.360 e. The number of piperazine rings is 1. The Morgan fingerprint density at radius 1 is 1.19 bits per heavy atom. The normalized spacial score (nSPS) is 23.7. The van der Waals surface area contributed by atoms with Gasteiger partial charge >= 0.3 is 0 Å². The molecule has 0 aromatic heterocycles. The maximum atomic E-state index is 5.48. The van der Waals surface area contributed by atoms with E-state index in [0.717, 1.165) is 37.8 Å². The van der Waals surface area contributed by atoms with Gasteiger partial charge in [-0.2, -0.15) is 0 Å². The molecule has 4 heteroatoms. The lowest BCUT2D eigenvalue weighted by molar-refractivity contribution is 0.188. The van der Waals surface area contributed by atoms with E-state index in [0.29, 0.717) is 6.04 Å². The third kappa shape index (κ3) is 3.08. The van der Waals surface area contributed by atoms with Gasteiger partial charge in [-0.25, -0.2) is 0 Å². The Bertz CT molecular complexity index is 230. The van der Waals surface area contributed by atoms with E-state index < -0.39 is 0 Å². The van der Waals surface area contributed by atoms with Crippen molar-refractivity contribution in [1.29, 1.82) is 0 Å². The van der Waals surface area contributed by atoms with Crippen LogP contribution in [-0.4, -0.2) is 53.7 Å². The second-order valence-electron chi connectivity index (χ2n) is 4.85. The topological polar surface area (TPSA) is 18.5 Å². The van der Waals surface area contributed by atoms with Crippen molar-refractivity contribution in [2.75, 3.05) is 32.7 Å². The third-order valence-electron chi connectivity index (χ3n) is 3.79. The van der Waals surface area contributed by atoms with Crippen molar-refractivity contribution in [2.45, 2.75) is 38.6 Å². The lowest BCUT2D eigenvalue weighted by Gasteiger charge is -2.36. The van der Waals surface area contributed by atoms with Crippen LogP contribution in [0.3, 0.4) is 0 Å². The van der Waals surface area contributed by atoms with Crippen LogP contribution in [-0.2, 0) is 0 Å². The molecule has 1 aliphatic carbocycles. The number of likely N-dealkylation sites (N-methyl/N-ethyl adjacent to an activating group) is 1. The summed E-state index contributed by atoms with van der Waals surface area (Å²) in [6.45, 7) is 7.88. The molecule has 1 aliphatic heterocycles. The first-order valence-corrected chi connectivity index (χ1v) is 6.98. The van der Waals surface area contributed by atoms with Gasteiger partial charge in [0.2, 0.25) is 0 Å². The molecule has 0 bridgehead atoms. The maximum absolute atomic E-state index is 5.48. The van der Waals surface area contributed by atoms with Crippen LogP contribution in [0.1, 0.15) is 32.6 Å². The highest BCUT2D eigenvalue weighted by molar-refractivity contribution is 7.80. The van der Waals surface area contributed by atoms with Crippen LogP contribution in [0.2, 0.25) is 0 Å². The van der Waals surface area contributed by atoms with Crippen LogP contribution in [0.25, 0.3) is 0 Å². The summed E-state index contributed by atoms with van der Waals surface area (Å²) in [6.07, 6.45) is 5.33. The van der Waals surface area contributed by atoms with Gasteiger partial charge in [0, 0.05) is 32.2 Å². The molecule has 2 rings (SSSR count). The molecule has 1 saturated heterocycles. The molecule has 0 spiro atoms. The zero-order chi connectivity index (χ0) is 11.4. The number of hydrogen-bond acceptors (Lipinski definition) is 2. The Morgan fingerprint density at radius 2 is 1.81 bits per heavy atom. The molecule has 1 heterocycles. The summed E-state index contributed by atoms with van der Waals surface area (Å²) in [6, 6.07) is 0.650. The number of hydrogen-bond donors (Lipinski definition) is 1. The number of nitrogens with one attached hydrogen (secondary N) is 1. The summed E-state index contributed by atoms with van der Waals surface area (Å²) in [7, 11) is 0. The zero-order valence-corrected chi connectivity index (χ0v) is 11.1. The van der Waals surface area contributed by atoms with Crippen LogP contribution >= 0.6 is 12.2 Å². The number of rotatable bonds is 2. The van der Waals surface area contributed by atoms with E-state index >= 15 is 0 Å². The average molecular weight is 241 g/mol. The van der Waals surface area contributed by atoms with Gasteiger partial charge in [0.05, 0.1) is 0 Å². The van der Waals surface area contributed by atoms with Crippen molar-refractivity contribution in [3.8, 4) is 0 Å². The molecule has 0 unspecified atom stereocenters. The summed E-state index contributed by atoms with van der Waals surface area (Å²) in [4.78, 5) is 4.81. The second-order valence-corrected chi connectivity index (χ2v) is 5.24. The fourth-order valence-corrected chi connectivity index (χ4v) is 2.95. The molecule has 2 aliphatic rings. The SMILES string of the molecule is CCN1CCN(C(=S)NC2CCCC2)CC1. The van der Waals surface area contributed by atoms with Gasteiger partial charge in [0.25, 0.3) is 0 Å². The summed E-state index contributed by atoms with van der Waals surface area (Å²) in [5.74, 6) is 0. The van der Waals surface area contributed by atoms with Crippen LogP contribution in [0.5, 0.6) is 0 Å². The van der Waals surface area contributed by atoms with Crippen LogP contribution in [0.4, 0.5) is 0 Å². The molecule has 0 atom stereocenters. The molecule has 92 valence electrons. The summed E-state index contributed by atoms with van der Waals surface area (Å²) < 4.78 is 0. The van der Waals surface area contributed by atoms with Crippen molar-refractivity contribution in [1.82, 2.24) is 15.1 Å². The Morgan fingerprint density at radius 3 is 2.38 bits per heavy atom. The van der Waals surface area contributed by atoms with E-state index in [9.17, 15) is 0 Å². The zero-order valence-electron chi connectivity index (χ0n) is 10.2. The molecule has 3 nitrogen and oxygen atoms in total. The smallest absolute Gasteiger partial charge is 0.169 e. The molecule has 0 aromatic carbocycles. The predicted molar refractivity (Wildman–Crippen MR) is 71.7 cm³/mol. The Balaban J connectivity index is 1.73. The minimum absolute atomic E-state index is 0.650. The van der Waals surface area contributed by atoms with Crippen molar-refractivity contribution in [3.05, 3.63) is 0 Å². The standard InChI is InChI=1S/C12H23N3S/c1-2-14-7-9-15(10-8-14)12(16)13-11-5-3-4-6-11/h11H,2-10H2,1H3,(H,13,16). The third-order valence-corrected chi connectivity index (χ3v) is 4.17. The molecule has 0 amide bonds. The predicted octanol–water partition coefficient (Wildman–Crippen LogP) is 1.44. The van der Waals surface area contributed by atoms with Crippen molar-refractivity contribution in [2.24, 2.45) is 0 Å². The van der Waals surface area contributed by atoms with Gasteiger partial charge in [0.1, 0.15) is 0 Å². The highest BCUT2D eigenvalue weighted by atomic mass is 32.1. The summed E-state index contributed by atoms with van der Waals surface area (Å²) >= 11 is 5.48. The fourth-order valence-electron chi connectivity index (χ4n) is 2.60. The van der Waals surface area contributed by atoms with Crippen molar-refractivity contribution < 1.29 is 0 Å². The lowest BCUT2D eigenvalue weighted by Crippen LogP contribution is -2.52. The Hall–Kier alpha value is -0.350. The van der Waals surface area contributed by atoms with Crippen molar-refractivity contribution >= 4 is 17.3 Å². The molecule has 1 saturated carbocycles. The second kappa shape index (κ2) is 5.82. The molecule has 16 heavy (non-hydrogen) atoms. The summed E-state index contributed by atoms with van der Waals surface area (Å²) in [5.41, 5.74) is 0. The van der Waals surface area contributed by atoms with E-state index in [1.807, 2.05) is 0 Å². The maximum Gasteiger partial charge on any atom is 0.169 e. The van der Waals surface area contributed by atoms with Gasteiger partial charge in [-0.1, -0.05) is 19.8 Å². The first-order valence-electron chi connectivity index (χ1n) is 6.57.